The number of hydrogen-bond donors (Lipinski definition) is 4. The number of carbonyl (C=O) groups is 4. The molecule has 2 rings (SSSR count). The van der Waals surface area contributed by atoms with Gasteiger partial charge < -0.3 is 30.7 Å². The SMILES string of the molecule is CCCCNC(=O)[C@H](C)C[C@H](O)[C@@H]1CSC/C=C/CS[C@H]2CN(C(=O)OC(C)(C)C)CC[C@H]2C(=O)N[C@@H](C)C(=O)N1. The number of amides is 4. The highest BCUT2D eigenvalue weighted by molar-refractivity contribution is 8.00. The summed E-state index contributed by atoms with van der Waals surface area (Å²) in [6.45, 7) is 12.3. The van der Waals surface area contributed by atoms with Gasteiger partial charge in [-0.1, -0.05) is 32.4 Å². The maximum Gasteiger partial charge on any atom is 0.410 e. The van der Waals surface area contributed by atoms with Gasteiger partial charge in [0.05, 0.1) is 18.1 Å². The molecule has 6 atom stereocenters. The minimum absolute atomic E-state index is 0.109. The summed E-state index contributed by atoms with van der Waals surface area (Å²) >= 11 is 3.20. The molecule has 0 aromatic carbocycles. The fourth-order valence-electron chi connectivity index (χ4n) is 4.59. The Hall–Kier alpha value is -1.92. The van der Waals surface area contributed by atoms with Crippen molar-refractivity contribution in [3.05, 3.63) is 12.2 Å². The maximum absolute atomic E-state index is 13.3. The molecule has 0 saturated carbocycles. The zero-order valence-electron chi connectivity index (χ0n) is 25.4. The highest BCUT2D eigenvalue weighted by Crippen LogP contribution is 2.30. The molecule has 0 aliphatic carbocycles. The van der Waals surface area contributed by atoms with E-state index in [2.05, 4.69) is 22.9 Å². The van der Waals surface area contributed by atoms with Crippen LogP contribution in [0.4, 0.5) is 4.79 Å². The smallest absolute Gasteiger partial charge is 0.410 e. The highest BCUT2D eigenvalue weighted by Gasteiger charge is 2.38. The van der Waals surface area contributed by atoms with Crippen molar-refractivity contribution in [2.24, 2.45) is 11.8 Å². The van der Waals surface area contributed by atoms with Crippen LogP contribution in [0.5, 0.6) is 0 Å². The first-order valence-corrected chi connectivity index (χ1v) is 16.9. The third-order valence-corrected chi connectivity index (χ3v) is 9.36. The molecule has 0 radical (unpaired) electrons. The van der Waals surface area contributed by atoms with Crippen LogP contribution in [0, 0.1) is 11.8 Å². The molecule has 2 aliphatic heterocycles. The molecule has 0 unspecified atom stereocenters. The van der Waals surface area contributed by atoms with Gasteiger partial charge in [-0.15, -0.1) is 0 Å². The summed E-state index contributed by atoms with van der Waals surface area (Å²) < 4.78 is 5.55. The predicted octanol–water partition coefficient (Wildman–Crippen LogP) is 2.94. The second kappa shape index (κ2) is 17.3. The Morgan fingerprint density at radius 3 is 2.59 bits per heavy atom. The van der Waals surface area contributed by atoms with E-state index in [0.29, 0.717) is 43.3 Å². The lowest BCUT2D eigenvalue weighted by molar-refractivity contribution is -0.132. The van der Waals surface area contributed by atoms with Gasteiger partial charge in [-0.25, -0.2) is 4.79 Å². The van der Waals surface area contributed by atoms with E-state index in [9.17, 15) is 24.3 Å². The standard InChI is InChI=1S/C29H50N4O6S2/c1-7-8-12-30-25(35)19(2)16-23(34)22-18-40-14-9-10-15-41-24-17-33(28(38)39-29(4,5)6)13-11-21(24)27(37)31-20(3)26(36)32-22/h9-10,19-24,34H,7-8,11-18H2,1-6H3,(H,30,35)(H,31,37)(H,32,36)/b10-9+/t19-,20+,21-,22+,23+,24+/m1/s1. The number of piperidine rings is 1. The van der Waals surface area contributed by atoms with Crippen molar-refractivity contribution < 1.29 is 29.0 Å². The molecule has 2 heterocycles. The van der Waals surface area contributed by atoms with Crippen molar-refractivity contribution >= 4 is 47.3 Å². The molecule has 0 aromatic rings. The summed E-state index contributed by atoms with van der Waals surface area (Å²) in [6.07, 6.45) is 5.35. The number of fused-ring (bicyclic) bond motifs is 1. The van der Waals surface area contributed by atoms with Gasteiger partial charge in [0.2, 0.25) is 17.7 Å². The Morgan fingerprint density at radius 1 is 1.20 bits per heavy atom. The van der Waals surface area contributed by atoms with Crippen LogP contribution in [-0.2, 0) is 19.1 Å². The Morgan fingerprint density at radius 2 is 1.90 bits per heavy atom. The molecule has 1 fully saturated rings. The maximum atomic E-state index is 13.3. The number of aliphatic hydroxyl groups is 1. The van der Waals surface area contributed by atoms with Crippen molar-refractivity contribution in [1.82, 2.24) is 20.9 Å². The van der Waals surface area contributed by atoms with Crippen LogP contribution in [0.2, 0.25) is 0 Å². The summed E-state index contributed by atoms with van der Waals surface area (Å²) in [5.41, 5.74) is -0.603. The third-order valence-electron chi connectivity index (χ3n) is 7.05. The molecule has 41 heavy (non-hydrogen) atoms. The van der Waals surface area contributed by atoms with E-state index in [4.69, 9.17) is 4.74 Å². The first-order valence-electron chi connectivity index (χ1n) is 14.7. The van der Waals surface area contributed by atoms with Gasteiger partial charge in [-0.2, -0.15) is 23.5 Å². The van der Waals surface area contributed by atoms with Gasteiger partial charge >= 0.3 is 6.09 Å². The molecule has 0 aromatic heterocycles. The Balaban J connectivity index is 2.08. The van der Waals surface area contributed by atoms with E-state index in [1.807, 2.05) is 32.9 Å². The number of likely N-dealkylation sites (tertiary alicyclic amines) is 1. The molecule has 234 valence electrons. The first-order chi connectivity index (χ1) is 19.3. The second-order valence-electron chi connectivity index (χ2n) is 11.9. The summed E-state index contributed by atoms with van der Waals surface area (Å²) in [5.74, 6) is 0.347. The van der Waals surface area contributed by atoms with Gasteiger partial charge in [0, 0.05) is 48.1 Å². The van der Waals surface area contributed by atoms with Gasteiger partial charge in [-0.05, 0) is 47.0 Å². The fraction of sp³-hybridized carbons (Fsp3) is 0.793. The van der Waals surface area contributed by atoms with E-state index in [0.717, 1.165) is 12.8 Å². The lowest BCUT2D eigenvalue weighted by atomic mass is 9.95. The minimum Gasteiger partial charge on any atom is -0.444 e. The number of ether oxygens (including phenoxy) is 1. The molecular formula is C29H50N4O6S2. The molecule has 4 N–H and O–H groups in total. The van der Waals surface area contributed by atoms with Crippen molar-refractivity contribution in [3.63, 3.8) is 0 Å². The number of nitrogens with zero attached hydrogens (tertiary/aromatic N) is 1. The van der Waals surface area contributed by atoms with Gasteiger partial charge in [0.1, 0.15) is 11.6 Å². The number of rotatable bonds is 7. The van der Waals surface area contributed by atoms with Crippen LogP contribution in [0.25, 0.3) is 0 Å². The number of unbranched alkanes of at least 4 members (excludes halogenated alkanes) is 1. The Labute approximate surface area is 253 Å². The van der Waals surface area contributed by atoms with E-state index in [-0.39, 0.29) is 41.4 Å². The van der Waals surface area contributed by atoms with Crippen LogP contribution in [0.1, 0.15) is 67.2 Å². The monoisotopic (exact) mass is 614 g/mol. The van der Waals surface area contributed by atoms with E-state index in [1.54, 1.807) is 42.3 Å². The molecular weight excluding hydrogens is 564 g/mol. The van der Waals surface area contributed by atoms with Crippen LogP contribution in [0.15, 0.2) is 12.2 Å². The van der Waals surface area contributed by atoms with Crippen molar-refractivity contribution in [2.45, 2.75) is 96.3 Å². The number of hydrogen-bond acceptors (Lipinski definition) is 8. The first kappa shape index (κ1) is 35.3. The average Bonchev–Trinajstić information content (AvgIpc) is 2.90. The lowest BCUT2D eigenvalue weighted by Crippen LogP contribution is -2.56. The van der Waals surface area contributed by atoms with E-state index in [1.165, 1.54) is 0 Å². The molecule has 2 aliphatic rings. The minimum atomic E-state index is -0.918. The van der Waals surface area contributed by atoms with Gasteiger partial charge in [0.25, 0.3) is 0 Å². The summed E-state index contributed by atoms with van der Waals surface area (Å²) in [4.78, 5) is 53.2. The van der Waals surface area contributed by atoms with Crippen LogP contribution >= 0.6 is 23.5 Å². The summed E-state index contributed by atoms with van der Waals surface area (Å²) in [6, 6.07) is -1.38. The molecule has 4 amide bonds. The number of thioether (sulfide) groups is 2. The van der Waals surface area contributed by atoms with Crippen molar-refractivity contribution in [1.29, 1.82) is 0 Å². The highest BCUT2D eigenvalue weighted by atomic mass is 32.2. The van der Waals surface area contributed by atoms with Gasteiger partial charge in [-0.3, -0.25) is 14.4 Å². The van der Waals surface area contributed by atoms with Crippen LogP contribution in [0.3, 0.4) is 0 Å². The number of aliphatic hydroxyl groups excluding tert-OH is 1. The normalized spacial score (nSPS) is 27.1. The summed E-state index contributed by atoms with van der Waals surface area (Å²) in [7, 11) is 0. The quantitative estimate of drug-likeness (QED) is 0.254. The van der Waals surface area contributed by atoms with Crippen LogP contribution in [-0.4, -0.2) is 99.8 Å². The topological polar surface area (TPSA) is 137 Å². The zero-order chi connectivity index (χ0) is 30.6. The average molecular weight is 615 g/mol. The van der Waals surface area contributed by atoms with E-state index < -0.39 is 29.7 Å². The number of carbonyl (C=O) groups excluding carboxylic acids is 4. The molecule has 0 bridgehead atoms. The summed E-state index contributed by atoms with van der Waals surface area (Å²) in [5, 5.41) is 19.5. The molecule has 0 spiro atoms. The van der Waals surface area contributed by atoms with Crippen molar-refractivity contribution in [2.75, 3.05) is 36.9 Å². The molecule has 10 nitrogen and oxygen atoms in total. The van der Waals surface area contributed by atoms with Gasteiger partial charge in [0.15, 0.2) is 0 Å². The van der Waals surface area contributed by atoms with Crippen molar-refractivity contribution in [3.8, 4) is 0 Å². The Bertz CT molecular complexity index is 912. The largest absolute Gasteiger partial charge is 0.444 e. The molecule has 12 heteroatoms. The fourth-order valence-corrected chi connectivity index (χ4v) is 6.83. The lowest BCUT2D eigenvalue weighted by Gasteiger charge is -2.38. The number of nitrogens with one attached hydrogen (secondary N) is 3. The Kier molecular flexibility index (Phi) is 14.8. The third kappa shape index (κ3) is 12.5. The predicted molar refractivity (Wildman–Crippen MR) is 166 cm³/mol. The second-order valence-corrected chi connectivity index (χ2v) is 14.2. The van der Waals surface area contributed by atoms with E-state index >= 15 is 0 Å². The zero-order valence-corrected chi connectivity index (χ0v) is 27.1. The van der Waals surface area contributed by atoms with Crippen LogP contribution < -0.4 is 16.0 Å². The molecule has 1 saturated heterocycles.